The molecule has 1 fully saturated rings. The number of hydrogen-bond acceptors (Lipinski definition) is 8. The molecule has 0 radical (unpaired) electrons. The Morgan fingerprint density at radius 2 is 1.72 bits per heavy atom. The summed E-state index contributed by atoms with van der Waals surface area (Å²) >= 11 is 1.25. The zero-order valence-electron chi connectivity index (χ0n) is 19.8. The van der Waals surface area contributed by atoms with E-state index in [1.807, 2.05) is 34.9 Å². The molecule has 3 aromatic rings. The maximum absolute atomic E-state index is 12.9. The van der Waals surface area contributed by atoms with Crippen LogP contribution in [0.4, 0.5) is 0 Å². The van der Waals surface area contributed by atoms with Gasteiger partial charge in [-0.25, -0.2) is 8.42 Å². The molecule has 4 rings (SSSR count). The summed E-state index contributed by atoms with van der Waals surface area (Å²) < 4.78 is 34.1. The fourth-order valence-electron chi connectivity index (χ4n) is 3.70. The monoisotopic (exact) mass is 529 g/mol. The Morgan fingerprint density at radius 1 is 1.03 bits per heavy atom. The van der Waals surface area contributed by atoms with E-state index in [0.717, 1.165) is 5.69 Å². The zero-order valence-corrected chi connectivity index (χ0v) is 21.4. The van der Waals surface area contributed by atoms with Crippen molar-refractivity contribution in [1.29, 1.82) is 0 Å². The van der Waals surface area contributed by atoms with Crippen LogP contribution in [0.2, 0.25) is 0 Å². The molecule has 0 aliphatic carbocycles. The van der Waals surface area contributed by atoms with Gasteiger partial charge in [0.1, 0.15) is 5.82 Å². The molecule has 1 aliphatic rings. The number of rotatable bonds is 10. The third kappa shape index (κ3) is 6.19. The largest absolute Gasteiger partial charge is 0.379 e. The van der Waals surface area contributed by atoms with Crippen LogP contribution in [0.25, 0.3) is 5.69 Å². The average molecular weight is 530 g/mol. The lowest BCUT2D eigenvalue weighted by atomic mass is 10.1. The molecule has 1 saturated heterocycles. The molecule has 0 atom stereocenters. The van der Waals surface area contributed by atoms with Gasteiger partial charge in [-0.3, -0.25) is 14.2 Å². The van der Waals surface area contributed by atoms with Crippen LogP contribution >= 0.6 is 11.8 Å². The molecule has 1 N–H and O–H groups in total. The molecule has 1 amide bonds. The third-order valence-electron chi connectivity index (χ3n) is 5.55. The van der Waals surface area contributed by atoms with E-state index >= 15 is 0 Å². The number of carbonyl (C=O) groups excluding carboxylic acids is 2. The number of carbonyl (C=O) groups is 2. The third-order valence-corrected chi connectivity index (χ3v) is 8.40. The van der Waals surface area contributed by atoms with Gasteiger partial charge in [0.15, 0.2) is 10.9 Å². The van der Waals surface area contributed by atoms with Crippen molar-refractivity contribution in [2.45, 2.75) is 23.4 Å². The summed E-state index contributed by atoms with van der Waals surface area (Å²) in [4.78, 5) is 24.3. The Labute approximate surface area is 214 Å². The molecule has 190 valence electrons. The maximum Gasteiger partial charge on any atom is 0.243 e. The lowest BCUT2D eigenvalue weighted by Gasteiger charge is -2.26. The molecule has 0 bridgehead atoms. The molecule has 10 nitrogen and oxygen atoms in total. The van der Waals surface area contributed by atoms with Crippen LogP contribution in [-0.2, 0) is 26.0 Å². The van der Waals surface area contributed by atoms with Gasteiger partial charge in [0.25, 0.3) is 0 Å². The van der Waals surface area contributed by atoms with Gasteiger partial charge >= 0.3 is 0 Å². The van der Waals surface area contributed by atoms with Crippen molar-refractivity contribution in [3.8, 4) is 5.69 Å². The molecule has 2 heterocycles. The van der Waals surface area contributed by atoms with Crippen molar-refractivity contribution in [1.82, 2.24) is 24.4 Å². The van der Waals surface area contributed by atoms with Gasteiger partial charge < -0.3 is 10.1 Å². The lowest BCUT2D eigenvalue weighted by Crippen LogP contribution is -2.40. The van der Waals surface area contributed by atoms with E-state index in [1.54, 1.807) is 0 Å². The summed E-state index contributed by atoms with van der Waals surface area (Å²) in [6.07, 6.45) is 0.481. The summed E-state index contributed by atoms with van der Waals surface area (Å²) in [5, 5.41) is 11.9. The minimum atomic E-state index is -3.62. The Morgan fingerprint density at radius 3 is 2.39 bits per heavy atom. The molecular formula is C24H27N5O5S2. The normalized spacial score (nSPS) is 14.5. The van der Waals surface area contributed by atoms with Gasteiger partial charge in [-0.2, -0.15) is 4.31 Å². The number of sulfonamides is 1. The predicted octanol–water partition coefficient (Wildman–Crippen LogP) is 1.94. The number of ketones is 1. The number of nitrogens with one attached hydrogen (secondary N) is 1. The minimum Gasteiger partial charge on any atom is -0.379 e. The number of ether oxygens (including phenoxy) is 1. The van der Waals surface area contributed by atoms with Gasteiger partial charge in [-0.15, -0.1) is 10.2 Å². The predicted molar refractivity (Wildman–Crippen MR) is 135 cm³/mol. The summed E-state index contributed by atoms with van der Waals surface area (Å²) in [5.74, 6) is 0.497. The number of benzene rings is 2. The fourth-order valence-corrected chi connectivity index (χ4v) is 5.98. The molecule has 0 spiro atoms. The summed E-state index contributed by atoms with van der Waals surface area (Å²) in [7, 11) is -3.62. The molecule has 12 heteroatoms. The van der Waals surface area contributed by atoms with Crippen LogP contribution in [0, 0.1) is 0 Å². The van der Waals surface area contributed by atoms with E-state index < -0.39 is 10.0 Å². The van der Waals surface area contributed by atoms with E-state index in [-0.39, 0.29) is 22.3 Å². The van der Waals surface area contributed by atoms with Gasteiger partial charge in [0.05, 0.1) is 23.9 Å². The number of morpholine rings is 1. The van der Waals surface area contributed by atoms with Crippen LogP contribution < -0.4 is 5.32 Å². The average Bonchev–Trinajstić information content (AvgIpc) is 3.30. The highest BCUT2D eigenvalue weighted by Crippen LogP contribution is 2.24. The highest BCUT2D eigenvalue weighted by Gasteiger charge is 2.26. The summed E-state index contributed by atoms with van der Waals surface area (Å²) in [6, 6.07) is 15.6. The topological polar surface area (TPSA) is 123 Å². The molecule has 2 aromatic carbocycles. The lowest BCUT2D eigenvalue weighted by molar-refractivity contribution is -0.118. The number of Topliss-reactive ketones (excluding diaryl/α,β-unsaturated/α-hetero) is 1. The quantitative estimate of drug-likeness (QED) is 0.312. The van der Waals surface area contributed by atoms with Crippen LogP contribution in [0.15, 0.2) is 64.6 Å². The second-order valence-electron chi connectivity index (χ2n) is 8.06. The van der Waals surface area contributed by atoms with Gasteiger partial charge in [0.2, 0.25) is 15.9 Å². The molecule has 1 aromatic heterocycles. The van der Waals surface area contributed by atoms with Gasteiger partial charge in [-0.1, -0.05) is 42.1 Å². The fraction of sp³-hybridized carbons (Fsp3) is 0.333. The van der Waals surface area contributed by atoms with Crippen molar-refractivity contribution >= 4 is 33.5 Å². The summed E-state index contributed by atoms with van der Waals surface area (Å²) in [6.45, 7) is 3.25. The van der Waals surface area contributed by atoms with Crippen LogP contribution in [-0.4, -0.2) is 77.8 Å². The number of hydrogen-bond donors (Lipinski definition) is 1. The second kappa shape index (κ2) is 11.8. The molecule has 0 saturated carbocycles. The maximum atomic E-state index is 12.9. The van der Waals surface area contributed by atoms with E-state index in [9.17, 15) is 18.0 Å². The first-order chi connectivity index (χ1) is 17.4. The minimum absolute atomic E-state index is 0.103. The molecular weight excluding hydrogens is 502 g/mol. The van der Waals surface area contributed by atoms with E-state index in [4.69, 9.17) is 4.74 Å². The Bertz CT molecular complexity index is 1300. The van der Waals surface area contributed by atoms with Crippen molar-refractivity contribution in [2.24, 2.45) is 0 Å². The first-order valence-corrected chi connectivity index (χ1v) is 13.9. The van der Waals surface area contributed by atoms with E-state index in [1.165, 1.54) is 47.3 Å². The van der Waals surface area contributed by atoms with Crippen molar-refractivity contribution in [3.05, 3.63) is 66.0 Å². The first kappa shape index (κ1) is 26.0. The van der Waals surface area contributed by atoms with Crippen LogP contribution in [0.5, 0.6) is 0 Å². The molecule has 0 unspecified atom stereocenters. The standard InChI is InChI=1S/C24H27N5O5S2/c1-18(30)25-12-11-23-26-27-24(29(23)20-5-3-2-4-6-20)35-17-22(31)19-7-9-21(10-8-19)36(32,33)28-13-15-34-16-14-28/h2-10H,11-17H2,1H3,(H,25,30). The highest BCUT2D eigenvalue weighted by atomic mass is 32.2. The van der Waals surface area contributed by atoms with Crippen molar-refractivity contribution in [2.75, 3.05) is 38.6 Å². The summed E-state index contributed by atoms with van der Waals surface area (Å²) in [5.41, 5.74) is 1.27. The van der Waals surface area contributed by atoms with Gasteiger partial charge in [0, 0.05) is 44.2 Å². The zero-order chi connectivity index (χ0) is 25.5. The number of thioether (sulfide) groups is 1. The molecule has 36 heavy (non-hydrogen) atoms. The van der Waals surface area contributed by atoms with E-state index in [2.05, 4.69) is 15.5 Å². The molecule has 1 aliphatic heterocycles. The highest BCUT2D eigenvalue weighted by molar-refractivity contribution is 7.99. The SMILES string of the molecule is CC(=O)NCCc1nnc(SCC(=O)c2ccc(S(=O)(=O)N3CCOCC3)cc2)n1-c1ccccc1. The smallest absolute Gasteiger partial charge is 0.243 e. The Hall–Kier alpha value is -3.06. The van der Waals surface area contributed by atoms with Crippen LogP contribution in [0.3, 0.4) is 0 Å². The van der Waals surface area contributed by atoms with Crippen molar-refractivity contribution < 1.29 is 22.7 Å². The van der Waals surface area contributed by atoms with Crippen molar-refractivity contribution in [3.63, 3.8) is 0 Å². The number of para-hydroxylation sites is 1. The Balaban J connectivity index is 1.46. The first-order valence-electron chi connectivity index (χ1n) is 11.4. The second-order valence-corrected chi connectivity index (χ2v) is 10.9. The number of amides is 1. The van der Waals surface area contributed by atoms with E-state index in [0.29, 0.717) is 55.8 Å². The number of aromatic nitrogens is 3. The Kier molecular flexibility index (Phi) is 8.52. The van der Waals surface area contributed by atoms with Crippen LogP contribution in [0.1, 0.15) is 23.1 Å². The van der Waals surface area contributed by atoms with Gasteiger partial charge in [-0.05, 0) is 24.3 Å². The number of nitrogens with zero attached hydrogens (tertiary/aromatic N) is 4.